The summed E-state index contributed by atoms with van der Waals surface area (Å²) in [5.74, 6) is -0.166. The van der Waals surface area contributed by atoms with Crippen LogP contribution in [0.3, 0.4) is 0 Å². The van der Waals surface area contributed by atoms with E-state index in [0.29, 0.717) is 40.1 Å². The SMILES string of the molecule is COc1ccc(Cl)cc1NC(=O)[C@H]1CCCN(S(=O)(=O)c2cccs2)C1. The number of anilines is 1. The highest BCUT2D eigenvalue weighted by molar-refractivity contribution is 7.91. The molecule has 0 saturated carbocycles. The zero-order chi connectivity index (χ0) is 18.7. The van der Waals surface area contributed by atoms with Gasteiger partial charge in [-0.25, -0.2) is 8.42 Å². The molecule has 0 bridgehead atoms. The topological polar surface area (TPSA) is 75.7 Å². The number of hydrogen-bond donors (Lipinski definition) is 1. The third kappa shape index (κ3) is 4.03. The summed E-state index contributed by atoms with van der Waals surface area (Å²) in [7, 11) is -2.04. The molecule has 140 valence electrons. The minimum atomic E-state index is -3.55. The molecular formula is C17H19ClN2O4S2. The van der Waals surface area contributed by atoms with E-state index in [4.69, 9.17) is 16.3 Å². The van der Waals surface area contributed by atoms with Gasteiger partial charge in [-0.05, 0) is 42.5 Å². The van der Waals surface area contributed by atoms with Gasteiger partial charge in [0.1, 0.15) is 9.96 Å². The van der Waals surface area contributed by atoms with Crippen molar-refractivity contribution in [3.05, 3.63) is 40.7 Å². The second-order valence-corrected chi connectivity index (χ2v) is 9.52. The zero-order valence-corrected chi connectivity index (χ0v) is 16.5. The van der Waals surface area contributed by atoms with E-state index in [9.17, 15) is 13.2 Å². The van der Waals surface area contributed by atoms with Gasteiger partial charge in [0.05, 0.1) is 18.7 Å². The highest BCUT2D eigenvalue weighted by atomic mass is 35.5. The molecule has 1 fully saturated rings. The molecule has 3 rings (SSSR count). The lowest BCUT2D eigenvalue weighted by molar-refractivity contribution is -0.120. The molecule has 0 radical (unpaired) electrons. The van der Waals surface area contributed by atoms with E-state index in [1.807, 2.05) is 0 Å². The minimum Gasteiger partial charge on any atom is -0.495 e. The molecule has 1 atom stereocenters. The number of nitrogens with one attached hydrogen (secondary N) is 1. The quantitative estimate of drug-likeness (QED) is 0.813. The van der Waals surface area contributed by atoms with Gasteiger partial charge in [-0.2, -0.15) is 4.31 Å². The molecule has 1 aliphatic heterocycles. The van der Waals surface area contributed by atoms with Gasteiger partial charge in [-0.3, -0.25) is 4.79 Å². The molecule has 1 aromatic heterocycles. The molecule has 26 heavy (non-hydrogen) atoms. The van der Waals surface area contributed by atoms with E-state index in [-0.39, 0.29) is 12.5 Å². The lowest BCUT2D eigenvalue weighted by atomic mass is 9.98. The molecule has 0 aliphatic carbocycles. The van der Waals surface area contributed by atoms with E-state index in [1.54, 1.807) is 35.7 Å². The fourth-order valence-electron chi connectivity index (χ4n) is 2.92. The van der Waals surface area contributed by atoms with Gasteiger partial charge in [0.25, 0.3) is 10.0 Å². The van der Waals surface area contributed by atoms with Crippen LogP contribution in [0.5, 0.6) is 5.75 Å². The Labute approximate surface area is 161 Å². The highest BCUT2D eigenvalue weighted by Gasteiger charge is 2.34. The summed E-state index contributed by atoms with van der Waals surface area (Å²) in [4.78, 5) is 12.7. The first-order chi connectivity index (χ1) is 12.4. The smallest absolute Gasteiger partial charge is 0.252 e. The lowest BCUT2D eigenvalue weighted by Gasteiger charge is -2.30. The summed E-state index contributed by atoms with van der Waals surface area (Å²) in [5, 5.41) is 5.02. The van der Waals surface area contributed by atoms with Crippen LogP contribution in [-0.4, -0.2) is 38.8 Å². The van der Waals surface area contributed by atoms with Gasteiger partial charge in [-0.15, -0.1) is 11.3 Å². The minimum absolute atomic E-state index is 0.162. The number of ether oxygens (including phenoxy) is 1. The van der Waals surface area contributed by atoms with Crippen LogP contribution in [0.15, 0.2) is 39.9 Å². The van der Waals surface area contributed by atoms with Crippen molar-refractivity contribution in [2.75, 3.05) is 25.5 Å². The number of carbonyl (C=O) groups is 1. The van der Waals surface area contributed by atoms with Gasteiger partial charge >= 0.3 is 0 Å². The number of amides is 1. The Morgan fingerprint density at radius 3 is 2.88 bits per heavy atom. The molecule has 1 amide bonds. The van der Waals surface area contributed by atoms with Crippen molar-refractivity contribution in [3.63, 3.8) is 0 Å². The molecule has 9 heteroatoms. The molecule has 6 nitrogen and oxygen atoms in total. The van der Waals surface area contributed by atoms with E-state index in [2.05, 4.69) is 5.32 Å². The third-order valence-electron chi connectivity index (χ3n) is 4.26. The van der Waals surface area contributed by atoms with Gasteiger partial charge in [0.15, 0.2) is 0 Å². The number of hydrogen-bond acceptors (Lipinski definition) is 5. The van der Waals surface area contributed by atoms with E-state index in [1.165, 1.54) is 22.8 Å². The predicted molar refractivity (Wildman–Crippen MR) is 102 cm³/mol. The third-order valence-corrected chi connectivity index (χ3v) is 7.74. The van der Waals surface area contributed by atoms with Crippen molar-refractivity contribution in [2.45, 2.75) is 17.1 Å². The van der Waals surface area contributed by atoms with E-state index >= 15 is 0 Å². The number of nitrogens with zero attached hydrogens (tertiary/aromatic N) is 1. The van der Waals surface area contributed by atoms with E-state index < -0.39 is 15.9 Å². The monoisotopic (exact) mass is 414 g/mol. The summed E-state index contributed by atoms with van der Waals surface area (Å²) in [6, 6.07) is 8.25. The van der Waals surface area contributed by atoms with Gasteiger partial charge < -0.3 is 10.1 Å². The first-order valence-electron chi connectivity index (χ1n) is 8.10. The Bertz CT molecular complexity index is 884. The zero-order valence-electron chi connectivity index (χ0n) is 14.1. The van der Waals surface area contributed by atoms with Crippen LogP contribution in [-0.2, 0) is 14.8 Å². The first kappa shape index (κ1) is 19.2. The van der Waals surface area contributed by atoms with Crippen LogP contribution >= 0.6 is 22.9 Å². The van der Waals surface area contributed by atoms with Crippen molar-refractivity contribution < 1.29 is 17.9 Å². The molecule has 1 saturated heterocycles. The Balaban J connectivity index is 1.74. The Morgan fingerprint density at radius 1 is 1.38 bits per heavy atom. The number of methoxy groups -OCH3 is 1. The summed E-state index contributed by atoms with van der Waals surface area (Å²) in [6.07, 6.45) is 1.26. The van der Waals surface area contributed by atoms with Crippen LogP contribution in [0.25, 0.3) is 0 Å². The summed E-state index contributed by atoms with van der Waals surface area (Å²) < 4.78 is 32.3. The van der Waals surface area contributed by atoms with Crippen LogP contribution in [0.2, 0.25) is 5.02 Å². The van der Waals surface area contributed by atoms with Gasteiger partial charge in [-0.1, -0.05) is 17.7 Å². The fraction of sp³-hybridized carbons (Fsp3) is 0.353. The number of benzene rings is 1. The Kier molecular flexibility index (Phi) is 5.86. The summed E-state index contributed by atoms with van der Waals surface area (Å²) in [6.45, 7) is 0.583. The second kappa shape index (κ2) is 7.96. The maximum atomic E-state index is 12.7. The first-order valence-corrected chi connectivity index (χ1v) is 10.8. The second-order valence-electron chi connectivity index (χ2n) is 5.97. The van der Waals surface area contributed by atoms with Crippen LogP contribution < -0.4 is 10.1 Å². The molecule has 0 unspecified atom stereocenters. The lowest BCUT2D eigenvalue weighted by Crippen LogP contribution is -2.43. The van der Waals surface area contributed by atoms with Gasteiger partial charge in [0, 0.05) is 18.1 Å². The molecule has 1 N–H and O–H groups in total. The predicted octanol–water partition coefficient (Wildman–Crippen LogP) is 3.45. The maximum absolute atomic E-state index is 12.7. The highest BCUT2D eigenvalue weighted by Crippen LogP contribution is 2.30. The maximum Gasteiger partial charge on any atom is 0.252 e. The van der Waals surface area contributed by atoms with Crippen LogP contribution in [0, 0.1) is 5.92 Å². The van der Waals surface area contributed by atoms with Crippen molar-refractivity contribution in [2.24, 2.45) is 5.92 Å². The largest absolute Gasteiger partial charge is 0.495 e. The molecule has 2 aromatic rings. The fourth-order valence-corrected chi connectivity index (χ4v) is 5.77. The molecule has 1 aromatic carbocycles. The van der Waals surface area contributed by atoms with Crippen LogP contribution in [0.1, 0.15) is 12.8 Å². The number of rotatable bonds is 5. The molecule has 0 spiro atoms. The average molecular weight is 415 g/mol. The van der Waals surface area contributed by atoms with Crippen molar-refractivity contribution in [1.82, 2.24) is 4.31 Å². The van der Waals surface area contributed by atoms with Crippen molar-refractivity contribution >= 4 is 44.6 Å². The van der Waals surface area contributed by atoms with Crippen LogP contribution in [0.4, 0.5) is 5.69 Å². The summed E-state index contributed by atoms with van der Waals surface area (Å²) >= 11 is 7.17. The number of thiophene rings is 1. The Hall–Kier alpha value is -1.61. The van der Waals surface area contributed by atoms with E-state index in [0.717, 1.165) is 0 Å². The average Bonchev–Trinajstić information content (AvgIpc) is 3.17. The number of sulfonamides is 1. The van der Waals surface area contributed by atoms with Gasteiger partial charge in [0.2, 0.25) is 5.91 Å². The van der Waals surface area contributed by atoms with Crippen molar-refractivity contribution in [3.8, 4) is 5.75 Å². The summed E-state index contributed by atoms with van der Waals surface area (Å²) in [5.41, 5.74) is 0.475. The normalized spacial score (nSPS) is 18.5. The molecular weight excluding hydrogens is 396 g/mol. The number of halogens is 1. The standard InChI is InChI=1S/C17H19ClN2O4S2/c1-24-15-7-6-13(18)10-14(15)19-17(21)12-4-2-8-20(11-12)26(22,23)16-5-3-9-25-16/h3,5-7,9-10,12H,2,4,8,11H2,1H3,(H,19,21)/t12-/m0/s1. The molecule has 2 heterocycles. The number of carbonyl (C=O) groups excluding carboxylic acids is 1. The molecule has 1 aliphatic rings. The van der Waals surface area contributed by atoms with Crippen molar-refractivity contribution in [1.29, 1.82) is 0 Å². The Morgan fingerprint density at radius 2 is 2.19 bits per heavy atom. The number of piperidine rings is 1.